The molecule has 8 nitrogen and oxygen atoms in total. The van der Waals surface area contributed by atoms with Crippen LogP contribution in [-0.4, -0.2) is 37.1 Å². The zero-order valence-corrected chi connectivity index (χ0v) is 18.2. The summed E-state index contributed by atoms with van der Waals surface area (Å²) in [5.41, 5.74) is 1.43. The van der Waals surface area contributed by atoms with Crippen molar-refractivity contribution >= 4 is 23.0 Å². The number of H-pyrrole nitrogens is 1. The molecule has 0 aliphatic heterocycles. The van der Waals surface area contributed by atoms with E-state index in [4.69, 9.17) is 0 Å². The Morgan fingerprint density at radius 3 is 2.56 bits per heavy atom. The first-order chi connectivity index (χ1) is 16.5. The quantitative estimate of drug-likeness (QED) is 0.512. The van der Waals surface area contributed by atoms with Crippen LogP contribution in [0.2, 0.25) is 0 Å². The van der Waals surface area contributed by atoms with Gasteiger partial charge in [0.15, 0.2) is 17.3 Å². The molecular formula is C24H22F2N6O2. The van der Waals surface area contributed by atoms with Crippen LogP contribution >= 0.6 is 0 Å². The molecule has 2 atom stereocenters. The molecule has 0 radical (unpaired) electrons. The van der Waals surface area contributed by atoms with Crippen molar-refractivity contribution < 1.29 is 18.7 Å². The lowest BCUT2D eigenvalue weighted by molar-refractivity contribution is -0.148. The molecule has 3 N–H and O–H groups in total. The summed E-state index contributed by atoms with van der Waals surface area (Å²) >= 11 is 0. The van der Waals surface area contributed by atoms with E-state index in [0.717, 1.165) is 44.7 Å². The number of halogens is 2. The summed E-state index contributed by atoms with van der Waals surface area (Å²) in [7, 11) is 0. The Balaban J connectivity index is 1.51. The van der Waals surface area contributed by atoms with Crippen molar-refractivity contribution in [3.63, 3.8) is 0 Å². The molecule has 4 aliphatic carbocycles. The van der Waals surface area contributed by atoms with Gasteiger partial charge in [-0.15, -0.1) is 0 Å². The highest BCUT2D eigenvalue weighted by Gasteiger charge is 2.48. The smallest absolute Gasteiger partial charge is 0.308 e. The van der Waals surface area contributed by atoms with E-state index >= 15 is 4.39 Å². The fourth-order valence-electron chi connectivity index (χ4n) is 5.96. The Bertz CT molecular complexity index is 1350. The van der Waals surface area contributed by atoms with Gasteiger partial charge < -0.3 is 15.4 Å². The molecule has 4 fully saturated rings. The normalized spacial score (nSPS) is 25.9. The first-order valence-corrected chi connectivity index (χ1v) is 11.6. The number of anilines is 1. The van der Waals surface area contributed by atoms with Crippen molar-refractivity contribution in [3.05, 3.63) is 35.3 Å². The van der Waals surface area contributed by atoms with E-state index in [-0.39, 0.29) is 45.9 Å². The molecule has 7 rings (SSSR count). The number of pyridine rings is 1. The molecule has 4 aliphatic rings. The van der Waals surface area contributed by atoms with E-state index in [1.807, 2.05) is 0 Å². The lowest BCUT2D eigenvalue weighted by atomic mass is 9.61. The standard InChI is InChI=1S/C24H22F2N6O2/c25-15-9-29-23-21(30-15)14(8-28-23)20-13(7-27)16(10-1-2-10)18(26)22(32-20)31-19-12-5-3-11(4-6-12)17(19)24(33)34/h8-12,17,19H,1-6H2,(H,28,29)(H,31,32)(H,33,34). The number of carboxylic acid groups (broad SMARTS) is 1. The number of nitriles is 1. The van der Waals surface area contributed by atoms with Crippen LogP contribution in [0.1, 0.15) is 55.6 Å². The number of fused-ring (bicyclic) bond motifs is 4. The maximum atomic E-state index is 15.8. The zero-order chi connectivity index (χ0) is 23.6. The molecule has 3 aromatic heterocycles. The van der Waals surface area contributed by atoms with Crippen LogP contribution in [0.25, 0.3) is 22.4 Å². The Kier molecular flexibility index (Phi) is 4.76. The third-order valence-corrected chi connectivity index (χ3v) is 7.69. The van der Waals surface area contributed by atoms with Crippen molar-refractivity contribution in [2.45, 2.75) is 50.5 Å². The van der Waals surface area contributed by atoms with Gasteiger partial charge in [-0.3, -0.25) is 4.79 Å². The predicted molar refractivity (Wildman–Crippen MR) is 118 cm³/mol. The Morgan fingerprint density at radius 1 is 1.15 bits per heavy atom. The summed E-state index contributed by atoms with van der Waals surface area (Å²) in [6.45, 7) is 0. The van der Waals surface area contributed by atoms with Crippen molar-refractivity contribution in [2.24, 2.45) is 17.8 Å². The maximum absolute atomic E-state index is 15.8. The predicted octanol–water partition coefficient (Wildman–Crippen LogP) is 4.35. The van der Waals surface area contributed by atoms with Gasteiger partial charge in [-0.2, -0.15) is 9.65 Å². The van der Waals surface area contributed by atoms with Gasteiger partial charge in [0.2, 0.25) is 5.95 Å². The molecule has 0 saturated heterocycles. The van der Waals surface area contributed by atoms with E-state index in [9.17, 15) is 19.6 Å². The van der Waals surface area contributed by atoms with Gasteiger partial charge in [0.1, 0.15) is 11.6 Å². The monoisotopic (exact) mass is 464 g/mol. The fourth-order valence-corrected chi connectivity index (χ4v) is 5.96. The highest BCUT2D eigenvalue weighted by molar-refractivity contribution is 5.91. The molecule has 3 aromatic rings. The molecule has 2 bridgehead atoms. The largest absolute Gasteiger partial charge is 0.481 e. The molecule has 0 amide bonds. The summed E-state index contributed by atoms with van der Waals surface area (Å²) in [5.74, 6) is -2.89. The fraction of sp³-hybridized carbons (Fsp3) is 0.458. The number of aromatic amines is 1. The molecule has 4 saturated carbocycles. The SMILES string of the molecule is N#Cc1c(-c2c[nH]c3ncc(F)nc23)nc(NC2C3CCC(CC3)C2C(=O)O)c(F)c1C1CC1. The second-order valence-electron chi connectivity index (χ2n) is 9.60. The summed E-state index contributed by atoms with van der Waals surface area (Å²) in [5, 5.41) is 23.0. The molecule has 174 valence electrons. The van der Waals surface area contributed by atoms with Crippen LogP contribution in [-0.2, 0) is 4.79 Å². The number of carboxylic acids is 1. The van der Waals surface area contributed by atoms with Gasteiger partial charge in [0.05, 0.1) is 23.4 Å². The van der Waals surface area contributed by atoms with Crippen LogP contribution in [0.4, 0.5) is 14.6 Å². The minimum atomic E-state index is -0.883. The molecule has 2 unspecified atom stereocenters. The number of hydrogen-bond acceptors (Lipinski definition) is 6. The van der Waals surface area contributed by atoms with Gasteiger partial charge in [0, 0.05) is 23.4 Å². The molecule has 0 spiro atoms. The highest BCUT2D eigenvalue weighted by atomic mass is 19.1. The van der Waals surface area contributed by atoms with Crippen molar-refractivity contribution in [1.82, 2.24) is 19.9 Å². The van der Waals surface area contributed by atoms with Gasteiger partial charge in [-0.1, -0.05) is 0 Å². The average Bonchev–Trinajstić information content (AvgIpc) is 3.59. The van der Waals surface area contributed by atoms with E-state index < -0.39 is 29.7 Å². The average molecular weight is 464 g/mol. The number of aromatic nitrogens is 4. The second kappa shape index (κ2) is 7.72. The number of rotatable bonds is 5. The molecule has 0 aromatic carbocycles. The molecule has 3 heterocycles. The summed E-state index contributed by atoms with van der Waals surface area (Å²) in [6.07, 6.45) is 7.54. The number of hydrogen-bond donors (Lipinski definition) is 3. The number of carbonyl (C=O) groups is 1. The highest BCUT2D eigenvalue weighted by Crippen LogP contribution is 2.49. The molecule has 10 heteroatoms. The first kappa shape index (κ1) is 21.0. The van der Waals surface area contributed by atoms with Crippen LogP contribution in [0.15, 0.2) is 12.4 Å². The minimum Gasteiger partial charge on any atom is -0.481 e. The van der Waals surface area contributed by atoms with Crippen molar-refractivity contribution in [1.29, 1.82) is 5.26 Å². The number of aliphatic carboxylic acids is 1. The number of nitrogens with one attached hydrogen (secondary N) is 2. The van der Waals surface area contributed by atoms with Gasteiger partial charge in [-0.05, 0) is 56.3 Å². The van der Waals surface area contributed by atoms with Crippen LogP contribution in [0.5, 0.6) is 0 Å². The van der Waals surface area contributed by atoms with Gasteiger partial charge >= 0.3 is 5.97 Å². The van der Waals surface area contributed by atoms with Crippen LogP contribution in [0.3, 0.4) is 0 Å². The van der Waals surface area contributed by atoms with Crippen LogP contribution in [0, 0.1) is 40.8 Å². The Morgan fingerprint density at radius 2 is 1.88 bits per heavy atom. The van der Waals surface area contributed by atoms with E-state index in [1.165, 1.54) is 6.20 Å². The zero-order valence-electron chi connectivity index (χ0n) is 18.2. The Labute approximate surface area is 193 Å². The van der Waals surface area contributed by atoms with Crippen LogP contribution < -0.4 is 5.32 Å². The third-order valence-electron chi connectivity index (χ3n) is 7.69. The maximum Gasteiger partial charge on any atom is 0.308 e. The van der Waals surface area contributed by atoms with Gasteiger partial charge in [-0.25, -0.2) is 19.3 Å². The topological polar surface area (TPSA) is 128 Å². The van der Waals surface area contributed by atoms with Gasteiger partial charge in [0.25, 0.3) is 0 Å². The van der Waals surface area contributed by atoms with E-state index in [0.29, 0.717) is 11.2 Å². The van der Waals surface area contributed by atoms with Crippen molar-refractivity contribution in [2.75, 3.05) is 5.32 Å². The van der Waals surface area contributed by atoms with E-state index in [1.54, 1.807) is 0 Å². The molecular weight excluding hydrogens is 442 g/mol. The van der Waals surface area contributed by atoms with E-state index in [2.05, 4.69) is 31.3 Å². The first-order valence-electron chi connectivity index (χ1n) is 11.6. The molecule has 34 heavy (non-hydrogen) atoms. The summed E-state index contributed by atoms with van der Waals surface area (Å²) < 4.78 is 29.7. The third kappa shape index (κ3) is 3.22. The summed E-state index contributed by atoms with van der Waals surface area (Å²) in [4.78, 5) is 27.4. The lowest BCUT2D eigenvalue weighted by Crippen LogP contribution is -2.51. The Hall–Kier alpha value is -3.61. The minimum absolute atomic E-state index is 0.0516. The lowest BCUT2D eigenvalue weighted by Gasteiger charge is -2.47. The van der Waals surface area contributed by atoms with Crippen molar-refractivity contribution in [3.8, 4) is 17.3 Å². The summed E-state index contributed by atoms with van der Waals surface area (Å²) in [6, 6.07) is 1.65. The number of nitrogens with zero attached hydrogens (tertiary/aromatic N) is 4. The second-order valence-corrected chi connectivity index (χ2v) is 9.60.